The largest absolute Gasteiger partial charge is 0.379 e. The van der Waals surface area contributed by atoms with E-state index in [1.54, 1.807) is 12.1 Å². The number of benzene rings is 2. The van der Waals surface area contributed by atoms with E-state index in [0.717, 1.165) is 17.5 Å². The van der Waals surface area contributed by atoms with E-state index in [1.165, 1.54) is 22.0 Å². The molecule has 156 valence electrons. The Morgan fingerprint density at radius 2 is 1.76 bits per heavy atom. The molecule has 6 nitrogen and oxygen atoms in total. The third-order valence-corrected chi connectivity index (χ3v) is 7.15. The minimum absolute atomic E-state index is 0.0974. The number of nitrogens with zero attached hydrogens (tertiary/aromatic N) is 1. The van der Waals surface area contributed by atoms with Crippen LogP contribution in [0.25, 0.3) is 0 Å². The van der Waals surface area contributed by atoms with E-state index in [4.69, 9.17) is 4.74 Å². The molecule has 0 radical (unpaired) electrons. The molecule has 1 N–H and O–H groups in total. The second-order valence-corrected chi connectivity index (χ2v) is 9.27. The highest BCUT2D eigenvalue weighted by Crippen LogP contribution is 2.23. The maximum atomic E-state index is 12.7. The molecule has 1 amide bonds. The van der Waals surface area contributed by atoms with Crippen molar-refractivity contribution in [1.29, 1.82) is 0 Å². The Kier molecular flexibility index (Phi) is 6.72. The normalized spacial score (nSPS) is 16.4. The van der Waals surface area contributed by atoms with Crippen molar-refractivity contribution in [2.45, 2.75) is 38.1 Å². The summed E-state index contributed by atoms with van der Waals surface area (Å²) in [5.74, 6) is -0.216. The van der Waals surface area contributed by atoms with E-state index >= 15 is 0 Å². The molecule has 2 aromatic carbocycles. The number of carbonyl (C=O) groups is 1. The van der Waals surface area contributed by atoms with Crippen LogP contribution in [0.5, 0.6) is 0 Å². The predicted molar refractivity (Wildman–Crippen MR) is 112 cm³/mol. The van der Waals surface area contributed by atoms with Crippen LogP contribution in [-0.2, 0) is 14.8 Å². The van der Waals surface area contributed by atoms with Gasteiger partial charge in [-0.05, 0) is 55.7 Å². The van der Waals surface area contributed by atoms with Crippen molar-refractivity contribution in [1.82, 2.24) is 9.62 Å². The van der Waals surface area contributed by atoms with Gasteiger partial charge >= 0.3 is 0 Å². The molecule has 0 saturated carbocycles. The van der Waals surface area contributed by atoms with Crippen LogP contribution >= 0.6 is 0 Å². The lowest BCUT2D eigenvalue weighted by Gasteiger charge is -2.26. The number of ether oxygens (including phenoxy) is 1. The SMILES string of the molecule is CC[C@H](NC(=O)c1ccc(S(=O)(=O)N2CCOCC2)cc1)c1ccc(C)cc1C. The number of sulfonamides is 1. The number of morpholine rings is 1. The molecular formula is C22H28N2O4S. The van der Waals surface area contributed by atoms with Gasteiger partial charge < -0.3 is 10.1 Å². The van der Waals surface area contributed by atoms with Gasteiger partial charge in [-0.1, -0.05) is 30.7 Å². The molecule has 29 heavy (non-hydrogen) atoms. The maximum absolute atomic E-state index is 12.7. The van der Waals surface area contributed by atoms with Crippen LogP contribution in [0.2, 0.25) is 0 Å². The number of hydrogen-bond donors (Lipinski definition) is 1. The van der Waals surface area contributed by atoms with Gasteiger partial charge in [-0.3, -0.25) is 4.79 Å². The summed E-state index contributed by atoms with van der Waals surface area (Å²) in [5.41, 5.74) is 3.86. The second-order valence-electron chi connectivity index (χ2n) is 7.34. The van der Waals surface area contributed by atoms with E-state index < -0.39 is 10.0 Å². The standard InChI is InChI=1S/C22H28N2O4S/c1-4-21(20-10-5-16(2)15-17(20)3)23-22(25)18-6-8-19(9-7-18)29(26,27)24-11-13-28-14-12-24/h5-10,15,21H,4,11-14H2,1-3H3,(H,23,25)/t21-/m0/s1. The summed E-state index contributed by atoms with van der Waals surface area (Å²) in [5, 5.41) is 3.07. The van der Waals surface area contributed by atoms with Gasteiger partial charge in [0.25, 0.3) is 5.91 Å². The number of amides is 1. The monoisotopic (exact) mass is 416 g/mol. The first kappa shape index (κ1) is 21.5. The van der Waals surface area contributed by atoms with Gasteiger partial charge in [0, 0.05) is 18.7 Å². The fourth-order valence-corrected chi connectivity index (χ4v) is 4.98. The molecule has 1 atom stereocenters. The van der Waals surface area contributed by atoms with E-state index in [0.29, 0.717) is 31.9 Å². The van der Waals surface area contributed by atoms with Gasteiger partial charge in [0.2, 0.25) is 10.0 Å². The molecule has 0 unspecified atom stereocenters. The summed E-state index contributed by atoms with van der Waals surface area (Å²) in [6.07, 6.45) is 0.763. The minimum Gasteiger partial charge on any atom is -0.379 e. The maximum Gasteiger partial charge on any atom is 0.251 e. The average molecular weight is 417 g/mol. The van der Waals surface area contributed by atoms with Crippen molar-refractivity contribution in [3.05, 3.63) is 64.7 Å². The number of carbonyl (C=O) groups excluding carboxylic acids is 1. The molecule has 1 heterocycles. The predicted octanol–water partition coefficient (Wildman–Crippen LogP) is 3.21. The van der Waals surface area contributed by atoms with Crippen LogP contribution < -0.4 is 5.32 Å². The van der Waals surface area contributed by atoms with Gasteiger partial charge in [0.15, 0.2) is 0 Å². The van der Waals surface area contributed by atoms with Gasteiger partial charge in [-0.15, -0.1) is 0 Å². The van der Waals surface area contributed by atoms with Crippen molar-refractivity contribution in [2.24, 2.45) is 0 Å². The topological polar surface area (TPSA) is 75.7 Å². The van der Waals surface area contributed by atoms with E-state index in [-0.39, 0.29) is 16.8 Å². The molecule has 0 aliphatic carbocycles. The van der Waals surface area contributed by atoms with Crippen LogP contribution in [0.3, 0.4) is 0 Å². The fourth-order valence-electron chi connectivity index (χ4n) is 3.57. The van der Waals surface area contributed by atoms with Crippen LogP contribution in [0.4, 0.5) is 0 Å². The highest BCUT2D eigenvalue weighted by molar-refractivity contribution is 7.89. The van der Waals surface area contributed by atoms with Crippen molar-refractivity contribution in [3.8, 4) is 0 Å². The number of aryl methyl sites for hydroxylation is 2. The Morgan fingerprint density at radius 1 is 1.10 bits per heavy atom. The zero-order valence-electron chi connectivity index (χ0n) is 17.1. The zero-order chi connectivity index (χ0) is 21.0. The van der Waals surface area contributed by atoms with Crippen LogP contribution in [0, 0.1) is 13.8 Å². The average Bonchev–Trinajstić information content (AvgIpc) is 2.73. The Morgan fingerprint density at radius 3 is 2.34 bits per heavy atom. The summed E-state index contributed by atoms with van der Waals surface area (Å²) < 4.78 is 32.1. The van der Waals surface area contributed by atoms with Gasteiger partial charge in [0.05, 0.1) is 24.2 Å². The van der Waals surface area contributed by atoms with Gasteiger partial charge in [0.1, 0.15) is 0 Å². The van der Waals surface area contributed by atoms with Crippen LogP contribution in [0.1, 0.15) is 46.4 Å². The Labute approximate surface area is 172 Å². The third kappa shape index (κ3) is 4.86. The highest BCUT2D eigenvalue weighted by Gasteiger charge is 2.26. The molecule has 1 fully saturated rings. The lowest BCUT2D eigenvalue weighted by atomic mass is 9.97. The molecule has 0 bridgehead atoms. The molecule has 7 heteroatoms. The first-order chi connectivity index (χ1) is 13.8. The molecule has 0 aromatic heterocycles. The lowest BCUT2D eigenvalue weighted by Crippen LogP contribution is -2.40. The first-order valence-corrected chi connectivity index (χ1v) is 11.3. The molecule has 1 aliphatic rings. The Bertz CT molecular complexity index is 965. The summed E-state index contributed by atoms with van der Waals surface area (Å²) in [6, 6.07) is 12.2. The summed E-state index contributed by atoms with van der Waals surface area (Å²) in [7, 11) is -3.56. The van der Waals surface area contributed by atoms with E-state index in [1.807, 2.05) is 26.8 Å². The minimum atomic E-state index is -3.56. The van der Waals surface area contributed by atoms with E-state index in [9.17, 15) is 13.2 Å². The van der Waals surface area contributed by atoms with Crippen molar-refractivity contribution >= 4 is 15.9 Å². The van der Waals surface area contributed by atoms with Crippen LogP contribution in [0.15, 0.2) is 47.4 Å². The van der Waals surface area contributed by atoms with E-state index in [2.05, 4.69) is 17.4 Å². The summed E-state index contributed by atoms with van der Waals surface area (Å²) in [4.78, 5) is 12.9. The Hall–Kier alpha value is -2.22. The first-order valence-electron chi connectivity index (χ1n) is 9.89. The quantitative estimate of drug-likeness (QED) is 0.785. The number of hydrogen-bond acceptors (Lipinski definition) is 4. The van der Waals surface area contributed by atoms with Gasteiger partial charge in [-0.25, -0.2) is 8.42 Å². The number of nitrogens with one attached hydrogen (secondary N) is 1. The molecular weight excluding hydrogens is 388 g/mol. The zero-order valence-corrected chi connectivity index (χ0v) is 18.0. The fraction of sp³-hybridized carbons (Fsp3) is 0.409. The third-order valence-electron chi connectivity index (χ3n) is 5.24. The highest BCUT2D eigenvalue weighted by atomic mass is 32.2. The molecule has 0 spiro atoms. The molecule has 1 aliphatic heterocycles. The molecule has 1 saturated heterocycles. The second kappa shape index (κ2) is 9.07. The lowest BCUT2D eigenvalue weighted by molar-refractivity contribution is 0.0730. The Balaban J connectivity index is 1.74. The smallest absolute Gasteiger partial charge is 0.251 e. The summed E-state index contributed by atoms with van der Waals surface area (Å²) >= 11 is 0. The van der Waals surface area contributed by atoms with Crippen molar-refractivity contribution in [2.75, 3.05) is 26.3 Å². The number of rotatable bonds is 6. The van der Waals surface area contributed by atoms with Crippen molar-refractivity contribution in [3.63, 3.8) is 0 Å². The van der Waals surface area contributed by atoms with Gasteiger partial charge in [-0.2, -0.15) is 4.31 Å². The molecule has 3 rings (SSSR count). The van der Waals surface area contributed by atoms with Crippen LogP contribution in [-0.4, -0.2) is 44.9 Å². The summed E-state index contributed by atoms with van der Waals surface area (Å²) in [6.45, 7) is 7.61. The molecule has 2 aromatic rings. The van der Waals surface area contributed by atoms with Crippen molar-refractivity contribution < 1.29 is 17.9 Å².